The Morgan fingerprint density at radius 2 is 2.11 bits per heavy atom. The maximum Gasteiger partial charge on any atom is 0.305 e. The van der Waals surface area contributed by atoms with Gasteiger partial charge in [0.2, 0.25) is 0 Å². The van der Waals surface area contributed by atoms with Crippen LogP contribution in [-0.4, -0.2) is 21.5 Å². The van der Waals surface area contributed by atoms with Crippen molar-refractivity contribution in [3.05, 3.63) is 0 Å². The summed E-state index contributed by atoms with van der Waals surface area (Å²) < 4.78 is -0.228. The SMILES string of the molecule is O=C(O)CCNC(=O)I. The molecule has 0 spiro atoms. The third-order valence-electron chi connectivity index (χ3n) is 0.603. The second-order valence-electron chi connectivity index (χ2n) is 1.34. The molecule has 4 nitrogen and oxygen atoms in total. The first-order valence-electron chi connectivity index (χ1n) is 2.28. The highest BCUT2D eigenvalue weighted by atomic mass is 127. The number of amides is 1. The standard InChI is InChI=1S/C4H6INO3/c5-4(9)6-2-1-3(7)8/h1-2H2,(H,6,9)(H,7,8). The van der Waals surface area contributed by atoms with Crippen LogP contribution >= 0.6 is 22.6 Å². The quantitative estimate of drug-likeness (QED) is 0.433. The summed E-state index contributed by atoms with van der Waals surface area (Å²) in [5.41, 5.74) is 0. The van der Waals surface area contributed by atoms with Gasteiger partial charge in [0.05, 0.1) is 6.42 Å². The number of aliphatic carboxylic acids is 1. The molecular weight excluding hydrogens is 237 g/mol. The van der Waals surface area contributed by atoms with Crippen LogP contribution in [0.1, 0.15) is 6.42 Å². The number of hydrogen-bond acceptors (Lipinski definition) is 2. The molecule has 0 atom stereocenters. The summed E-state index contributed by atoms with van der Waals surface area (Å²) in [6, 6.07) is 0. The maximum absolute atomic E-state index is 10.1. The lowest BCUT2D eigenvalue weighted by atomic mass is 10.4. The number of rotatable bonds is 3. The van der Waals surface area contributed by atoms with E-state index in [9.17, 15) is 9.59 Å². The van der Waals surface area contributed by atoms with E-state index in [2.05, 4.69) is 5.32 Å². The molecule has 0 radical (unpaired) electrons. The van der Waals surface area contributed by atoms with Gasteiger partial charge in [0, 0.05) is 29.1 Å². The van der Waals surface area contributed by atoms with E-state index < -0.39 is 5.97 Å². The summed E-state index contributed by atoms with van der Waals surface area (Å²) in [5.74, 6) is -0.903. The molecule has 52 valence electrons. The molecule has 0 bridgehead atoms. The fourth-order valence-corrected chi connectivity index (χ4v) is 0.537. The smallest absolute Gasteiger partial charge is 0.305 e. The van der Waals surface area contributed by atoms with Crippen LogP contribution < -0.4 is 5.32 Å². The van der Waals surface area contributed by atoms with Gasteiger partial charge < -0.3 is 10.4 Å². The number of halogens is 1. The molecule has 0 aromatic rings. The van der Waals surface area contributed by atoms with E-state index in [0.717, 1.165) is 0 Å². The van der Waals surface area contributed by atoms with E-state index in [1.165, 1.54) is 0 Å². The van der Waals surface area contributed by atoms with Crippen molar-refractivity contribution in [1.29, 1.82) is 0 Å². The monoisotopic (exact) mass is 243 g/mol. The Morgan fingerprint density at radius 3 is 2.44 bits per heavy atom. The third kappa shape index (κ3) is 7.67. The summed E-state index contributed by atoms with van der Waals surface area (Å²) in [4.78, 5) is 19.9. The number of carboxylic acids is 1. The van der Waals surface area contributed by atoms with Crippen LogP contribution in [0.5, 0.6) is 0 Å². The van der Waals surface area contributed by atoms with E-state index in [4.69, 9.17) is 5.11 Å². The molecular formula is C4H6INO3. The van der Waals surface area contributed by atoms with Crippen molar-refractivity contribution in [1.82, 2.24) is 5.32 Å². The minimum atomic E-state index is -0.903. The van der Waals surface area contributed by atoms with Crippen molar-refractivity contribution >= 4 is 32.5 Å². The molecule has 1 amide bonds. The Balaban J connectivity index is 3.10. The highest BCUT2D eigenvalue weighted by Gasteiger charge is 1.96. The lowest BCUT2D eigenvalue weighted by molar-refractivity contribution is -0.136. The van der Waals surface area contributed by atoms with Crippen molar-refractivity contribution in [2.24, 2.45) is 0 Å². The van der Waals surface area contributed by atoms with E-state index in [1.807, 2.05) is 0 Å². The first kappa shape index (κ1) is 8.67. The zero-order valence-electron chi connectivity index (χ0n) is 4.56. The summed E-state index contributed by atoms with van der Waals surface area (Å²) in [5, 5.41) is 10.4. The Kier molecular flexibility index (Phi) is 4.37. The van der Waals surface area contributed by atoms with Gasteiger partial charge in [-0.1, -0.05) is 0 Å². The molecule has 0 aromatic carbocycles. The van der Waals surface area contributed by atoms with Gasteiger partial charge in [-0.15, -0.1) is 0 Å². The number of carboxylic acid groups (broad SMARTS) is 1. The van der Waals surface area contributed by atoms with Crippen LogP contribution in [0.25, 0.3) is 0 Å². The summed E-state index contributed by atoms with van der Waals surface area (Å²) >= 11 is 1.55. The molecule has 5 heteroatoms. The van der Waals surface area contributed by atoms with Crippen molar-refractivity contribution in [2.45, 2.75) is 6.42 Å². The van der Waals surface area contributed by atoms with E-state index >= 15 is 0 Å². The third-order valence-corrected chi connectivity index (χ3v) is 0.984. The molecule has 0 aromatic heterocycles. The molecule has 0 aliphatic carbocycles. The van der Waals surface area contributed by atoms with Crippen molar-refractivity contribution < 1.29 is 14.7 Å². The lowest BCUT2D eigenvalue weighted by Crippen LogP contribution is -2.19. The highest BCUT2D eigenvalue weighted by molar-refractivity contribution is 14.1. The van der Waals surface area contributed by atoms with Crippen LogP contribution in [0.2, 0.25) is 0 Å². The Hall–Kier alpha value is -0.330. The molecule has 0 unspecified atom stereocenters. The number of carbonyl (C=O) groups excluding carboxylic acids is 1. The molecule has 0 aliphatic heterocycles. The maximum atomic E-state index is 10.1. The predicted molar refractivity (Wildman–Crippen MR) is 39.7 cm³/mol. The van der Waals surface area contributed by atoms with Crippen LogP contribution in [0.3, 0.4) is 0 Å². The summed E-state index contributed by atoms with van der Waals surface area (Å²) in [7, 11) is 0. The van der Waals surface area contributed by atoms with E-state index in [-0.39, 0.29) is 16.9 Å². The number of nitrogens with one attached hydrogen (secondary N) is 1. The largest absolute Gasteiger partial charge is 0.481 e. The van der Waals surface area contributed by atoms with Gasteiger partial charge in [-0.3, -0.25) is 9.59 Å². The van der Waals surface area contributed by atoms with Gasteiger partial charge in [0.15, 0.2) is 0 Å². The average Bonchev–Trinajstić information content (AvgIpc) is 1.63. The molecule has 0 rings (SSSR count). The molecule has 0 aliphatic rings. The fourth-order valence-electron chi connectivity index (χ4n) is 0.268. The predicted octanol–water partition coefficient (Wildman–Crippen LogP) is 0.606. The zero-order chi connectivity index (χ0) is 7.28. The van der Waals surface area contributed by atoms with Crippen molar-refractivity contribution in [2.75, 3.05) is 6.54 Å². The van der Waals surface area contributed by atoms with Gasteiger partial charge in [-0.2, -0.15) is 0 Å². The highest BCUT2D eigenvalue weighted by Crippen LogP contribution is 1.83. The van der Waals surface area contributed by atoms with Gasteiger partial charge in [0.1, 0.15) is 0 Å². The van der Waals surface area contributed by atoms with E-state index in [0.29, 0.717) is 0 Å². The number of carbonyl (C=O) groups is 2. The van der Waals surface area contributed by atoms with Crippen molar-refractivity contribution in [3.8, 4) is 0 Å². The molecule has 0 heterocycles. The topological polar surface area (TPSA) is 66.4 Å². The van der Waals surface area contributed by atoms with Gasteiger partial charge in [-0.25, -0.2) is 0 Å². The molecule has 9 heavy (non-hydrogen) atoms. The second-order valence-corrected chi connectivity index (χ2v) is 2.32. The fraction of sp³-hybridized carbons (Fsp3) is 0.500. The van der Waals surface area contributed by atoms with Crippen LogP contribution in [0.4, 0.5) is 4.79 Å². The van der Waals surface area contributed by atoms with Crippen LogP contribution in [0.15, 0.2) is 0 Å². The first-order valence-corrected chi connectivity index (χ1v) is 3.36. The zero-order valence-corrected chi connectivity index (χ0v) is 6.71. The van der Waals surface area contributed by atoms with Gasteiger partial charge >= 0.3 is 5.97 Å². The molecule has 0 saturated carbocycles. The van der Waals surface area contributed by atoms with Gasteiger partial charge in [-0.05, 0) is 0 Å². The molecule has 2 N–H and O–H groups in total. The van der Waals surface area contributed by atoms with Crippen LogP contribution in [-0.2, 0) is 4.79 Å². The Bertz CT molecular complexity index is 111. The summed E-state index contributed by atoms with van der Waals surface area (Å²) in [6.45, 7) is 0.205. The molecule has 0 saturated heterocycles. The lowest BCUT2D eigenvalue weighted by Gasteiger charge is -1.94. The summed E-state index contributed by atoms with van der Waals surface area (Å²) in [6.07, 6.45) is -0.0191. The minimum Gasteiger partial charge on any atom is -0.481 e. The second kappa shape index (κ2) is 4.54. The molecule has 0 fully saturated rings. The Morgan fingerprint density at radius 1 is 1.56 bits per heavy atom. The average molecular weight is 243 g/mol. The first-order chi connectivity index (χ1) is 4.13. The Labute approximate surface area is 65.8 Å². The normalized spacial score (nSPS) is 8.56. The minimum absolute atomic E-state index is 0.0191. The van der Waals surface area contributed by atoms with E-state index in [1.54, 1.807) is 22.6 Å². The number of hydrogen-bond donors (Lipinski definition) is 2. The van der Waals surface area contributed by atoms with Gasteiger partial charge in [0.25, 0.3) is 3.91 Å². The van der Waals surface area contributed by atoms with Crippen LogP contribution in [0, 0.1) is 0 Å². The van der Waals surface area contributed by atoms with Crippen molar-refractivity contribution in [3.63, 3.8) is 0 Å².